The molecule has 1 unspecified atom stereocenters. The highest BCUT2D eigenvalue weighted by atomic mass is 16.2. The number of nitrogens with one attached hydrogen (secondary N) is 3. The van der Waals surface area contributed by atoms with Crippen LogP contribution in [-0.4, -0.2) is 30.6 Å². The van der Waals surface area contributed by atoms with Crippen molar-refractivity contribution in [1.29, 1.82) is 0 Å². The maximum atomic E-state index is 11.9. The van der Waals surface area contributed by atoms with Crippen LogP contribution in [0, 0.1) is 0 Å². The van der Waals surface area contributed by atoms with E-state index >= 15 is 0 Å². The van der Waals surface area contributed by atoms with Gasteiger partial charge in [0, 0.05) is 12.6 Å². The fraction of sp³-hybridized carbons (Fsp3) is 0.467. The molecular weight excluding hydrogens is 254 g/mol. The van der Waals surface area contributed by atoms with Gasteiger partial charge in [0.25, 0.3) is 0 Å². The van der Waals surface area contributed by atoms with E-state index < -0.39 is 12.1 Å². The van der Waals surface area contributed by atoms with Gasteiger partial charge in [0.05, 0.1) is 6.04 Å². The lowest BCUT2D eigenvalue weighted by Gasteiger charge is -2.18. The molecule has 5 heteroatoms. The molecule has 1 aromatic carbocycles. The van der Waals surface area contributed by atoms with E-state index in [1.165, 1.54) is 11.1 Å². The van der Waals surface area contributed by atoms with Crippen LogP contribution in [0.5, 0.6) is 0 Å². The van der Waals surface area contributed by atoms with E-state index in [1.54, 1.807) is 6.92 Å². The first-order chi connectivity index (χ1) is 9.60. The Morgan fingerprint density at radius 3 is 2.40 bits per heavy atom. The minimum Gasteiger partial charge on any atom is -0.338 e. The van der Waals surface area contributed by atoms with Crippen molar-refractivity contribution in [2.45, 2.75) is 38.8 Å². The predicted octanol–water partition coefficient (Wildman–Crippen LogP) is 0.978. The van der Waals surface area contributed by atoms with E-state index in [9.17, 15) is 9.59 Å². The topological polar surface area (TPSA) is 70.2 Å². The van der Waals surface area contributed by atoms with Crippen molar-refractivity contribution in [3.05, 3.63) is 35.4 Å². The summed E-state index contributed by atoms with van der Waals surface area (Å²) >= 11 is 0. The van der Waals surface area contributed by atoms with Crippen molar-refractivity contribution in [3.63, 3.8) is 0 Å². The molecule has 0 aromatic heterocycles. The highest BCUT2D eigenvalue weighted by Gasteiger charge is 2.24. The third-order valence-corrected chi connectivity index (χ3v) is 3.50. The number of benzene rings is 1. The molecule has 0 radical (unpaired) electrons. The fourth-order valence-corrected chi connectivity index (χ4v) is 2.53. The van der Waals surface area contributed by atoms with Gasteiger partial charge in [-0.3, -0.25) is 10.1 Å². The van der Waals surface area contributed by atoms with Gasteiger partial charge in [0.2, 0.25) is 5.91 Å². The molecule has 2 rings (SSSR count). The molecule has 1 aliphatic carbocycles. The molecule has 20 heavy (non-hydrogen) atoms. The second kappa shape index (κ2) is 6.52. The summed E-state index contributed by atoms with van der Waals surface area (Å²) in [5.74, 6) is -0.299. The molecule has 0 saturated carbocycles. The molecule has 3 N–H and O–H groups in total. The van der Waals surface area contributed by atoms with Crippen molar-refractivity contribution in [3.8, 4) is 0 Å². The molecule has 0 heterocycles. The summed E-state index contributed by atoms with van der Waals surface area (Å²) in [7, 11) is 0. The van der Waals surface area contributed by atoms with Gasteiger partial charge in [0.1, 0.15) is 0 Å². The Bertz CT molecular complexity index is 477. The van der Waals surface area contributed by atoms with Crippen LogP contribution in [0.3, 0.4) is 0 Å². The lowest BCUT2D eigenvalue weighted by molar-refractivity contribution is -0.121. The Hall–Kier alpha value is -1.88. The number of rotatable bonds is 4. The van der Waals surface area contributed by atoms with E-state index in [0.29, 0.717) is 6.54 Å². The molecule has 0 saturated heterocycles. The third kappa shape index (κ3) is 3.57. The lowest BCUT2D eigenvalue weighted by atomic mass is 10.1. The van der Waals surface area contributed by atoms with Crippen LogP contribution in [-0.2, 0) is 17.6 Å². The molecule has 1 aliphatic rings. The van der Waals surface area contributed by atoms with Crippen LogP contribution in [0.1, 0.15) is 25.0 Å². The Kier molecular flexibility index (Phi) is 4.74. The molecule has 1 atom stereocenters. The van der Waals surface area contributed by atoms with Crippen molar-refractivity contribution in [2.24, 2.45) is 0 Å². The van der Waals surface area contributed by atoms with Crippen LogP contribution in [0.25, 0.3) is 0 Å². The number of carbonyl (C=O) groups excluding carboxylic acids is 2. The zero-order valence-corrected chi connectivity index (χ0v) is 11.9. The van der Waals surface area contributed by atoms with Crippen LogP contribution in [0.2, 0.25) is 0 Å². The highest BCUT2D eigenvalue weighted by molar-refractivity contribution is 5.96. The third-order valence-electron chi connectivity index (χ3n) is 3.50. The normalized spacial score (nSPS) is 15.5. The van der Waals surface area contributed by atoms with Crippen molar-refractivity contribution in [1.82, 2.24) is 16.0 Å². The summed E-state index contributed by atoms with van der Waals surface area (Å²) < 4.78 is 0. The zero-order chi connectivity index (χ0) is 14.5. The summed E-state index contributed by atoms with van der Waals surface area (Å²) in [6, 6.07) is 7.73. The number of hydrogen-bond acceptors (Lipinski definition) is 3. The Balaban J connectivity index is 1.83. The average Bonchev–Trinajstić information content (AvgIpc) is 2.80. The smallest absolute Gasteiger partial charge is 0.321 e. The van der Waals surface area contributed by atoms with Gasteiger partial charge in [-0.2, -0.15) is 0 Å². The predicted molar refractivity (Wildman–Crippen MR) is 77.5 cm³/mol. The number of urea groups is 1. The molecule has 3 amide bonds. The van der Waals surface area contributed by atoms with Gasteiger partial charge in [0.15, 0.2) is 0 Å². The van der Waals surface area contributed by atoms with Crippen LogP contribution >= 0.6 is 0 Å². The lowest BCUT2D eigenvalue weighted by Crippen LogP contribution is -2.50. The van der Waals surface area contributed by atoms with Gasteiger partial charge in [-0.05, 0) is 37.8 Å². The first-order valence-electron chi connectivity index (χ1n) is 7.01. The Labute approximate surface area is 119 Å². The molecule has 5 nitrogen and oxygen atoms in total. The summed E-state index contributed by atoms with van der Waals surface area (Å²) in [6.07, 6.45) is 1.85. The molecule has 0 fully saturated rings. The quantitative estimate of drug-likeness (QED) is 0.767. The molecule has 0 spiro atoms. The summed E-state index contributed by atoms with van der Waals surface area (Å²) in [5.41, 5.74) is 2.67. The Morgan fingerprint density at radius 1 is 1.25 bits per heavy atom. The zero-order valence-electron chi connectivity index (χ0n) is 11.9. The van der Waals surface area contributed by atoms with Gasteiger partial charge in [-0.15, -0.1) is 0 Å². The van der Waals surface area contributed by atoms with E-state index in [0.717, 1.165) is 12.8 Å². The fourth-order valence-electron chi connectivity index (χ4n) is 2.53. The van der Waals surface area contributed by atoms with E-state index in [2.05, 4.69) is 28.1 Å². The average molecular weight is 275 g/mol. The van der Waals surface area contributed by atoms with E-state index in [4.69, 9.17) is 0 Å². The van der Waals surface area contributed by atoms with Gasteiger partial charge in [-0.1, -0.05) is 24.3 Å². The maximum Gasteiger partial charge on any atom is 0.321 e. The molecule has 0 bridgehead atoms. The minimum absolute atomic E-state index is 0.252. The van der Waals surface area contributed by atoms with Crippen LogP contribution in [0.15, 0.2) is 24.3 Å². The highest BCUT2D eigenvalue weighted by Crippen LogP contribution is 2.21. The first kappa shape index (κ1) is 14.5. The first-order valence-corrected chi connectivity index (χ1v) is 7.01. The van der Waals surface area contributed by atoms with Gasteiger partial charge in [-0.25, -0.2) is 4.79 Å². The van der Waals surface area contributed by atoms with Gasteiger partial charge < -0.3 is 10.6 Å². The standard InChI is InChI=1S/C15H21N3O2/c1-3-16-15(20)18-14(19)10(2)17-13-8-11-6-4-5-7-12(11)9-13/h4-7,10,13,17H,3,8-9H2,1-2H3,(H2,16,18,19,20). The molecule has 0 aliphatic heterocycles. The van der Waals surface area contributed by atoms with Gasteiger partial charge >= 0.3 is 6.03 Å². The number of fused-ring (bicyclic) bond motifs is 1. The molecular formula is C15H21N3O2. The number of imide groups is 1. The summed E-state index contributed by atoms with van der Waals surface area (Å²) in [5, 5.41) is 8.15. The van der Waals surface area contributed by atoms with Crippen molar-refractivity contribution in [2.75, 3.05) is 6.54 Å². The maximum absolute atomic E-state index is 11.9. The SMILES string of the molecule is CCNC(=O)NC(=O)C(C)NC1Cc2ccccc2C1. The van der Waals surface area contributed by atoms with Crippen LogP contribution in [0.4, 0.5) is 4.79 Å². The second-order valence-electron chi connectivity index (χ2n) is 5.11. The largest absolute Gasteiger partial charge is 0.338 e. The minimum atomic E-state index is -0.444. The monoisotopic (exact) mass is 275 g/mol. The summed E-state index contributed by atoms with van der Waals surface area (Å²) in [4.78, 5) is 23.2. The Morgan fingerprint density at radius 2 is 1.85 bits per heavy atom. The number of carbonyl (C=O) groups is 2. The molecule has 108 valence electrons. The van der Waals surface area contributed by atoms with Crippen molar-refractivity contribution >= 4 is 11.9 Å². The van der Waals surface area contributed by atoms with Crippen molar-refractivity contribution < 1.29 is 9.59 Å². The number of amides is 3. The number of hydrogen-bond donors (Lipinski definition) is 3. The van der Waals surface area contributed by atoms with Crippen LogP contribution < -0.4 is 16.0 Å². The summed E-state index contributed by atoms with van der Waals surface area (Å²) in [6.45, 7) is 4.08. The van der Waals surface area contributed by atoms with E-state index in [1.807, 2.05) is 19.1 Å². The van der Waals surface area contributed by atoms with E-state index in [-0.39, 0.29) is 11.9 Å². The second-order valence-corrected chi connectivity index (χ2v) is 5.11. The molecule has 1 aromatic rings.